The summed E-state index contributed by atoms with van der Waals surface area (Å²) in [5, 5.41) is 3.02. The Morgan fingerprint density at radius 1 is 1.67 bits per heavy atom. The van der Waals surface area contributed by atoms with Crippen LogP contribution in [0.4, 0.5) is 0 Å². The first kappa shape index (κ1) is 12.8. The van der Waals surface area contributed by atoms with Crippen molar-refractivity contribution in [1.29, 1.82) is 0 Å². The van der Waals surface area contributed by atoms with E-state index in [2.05, 4.69) is 12.2 Å². The Morgan fingerprint density at radius 3 is 3.00 bits per heavy atom. The van der Waals surface area contributed by atoms with E-state index in [0.717, 1.165) is 13.0 Å². The molecular formula is C11H22N2OS. The summed E-state index contributed by atoms with van der Waals surface area (Å²) in [6.45, 7) is 3.55. The van der Waals surface area contributed by atoms with Crippen LogP contribution in [-0.2, 0) is 4.79 Å². The van der Waals surface area contributed by atoms with Gasteiger partial charge in [0.15, 0.2) is 0 Å². The van der Waals surface area contributed by atoms with Gasteiger partial charge in [0.1, 0.15) is 0 Å². The minimum atomic E-state index is 0.171. The maximum Gasteiger partial charge on any atom is 0.220 e. The molecule has 1 fully saturated rings. The van der Waals surface area contributed by atoms with Gasteiger partial charge in [-0.1, -0.05) is 13.3 Å². The van der Waals surface area contributed by atoms with Crippen LogP contribution in [-0.4, -0.2) is 30.5 Å². The van der Waals surface area contributed by atoms with Crippen molar-refractivity contribution >= 4 is 17.7 Å². The molecule has 3 N–H and O–H groups in total. The van der Waals surface area contributed by atoms with Crippen molar-refractivity contribution in [3.05, 3.63) is 0 Å². The molecule has 0 bridgehead atoms. The molecule has 2 atom stereocenters. The van der Waals surface area contributed by atoms with E-state index in [0.29, 0.717) is 24.8 Å². The number of carbonyl (C=O) groups is 1. The number of hydrogen-bond donors (Lipinski definition) is 2. The van der Waals surface area contributed by atoms with Gasteiger partial charge in [-0.3, -0.25) is 4.79 Å². The fourth-order valence-electron chi connectivity index (χ4n) is 1.73. The quantitative estimate of drug-likeness (QED) is 0.721. The Kier molecular flexibility index (Phi) is 6.10. The molecule has 15 heavy (non-hydrogen) atoms. The zero-order chi connectivity index (χ0) is 11.1. The monoisotopic (exact) mass is 230 g/mol. The molecule has 1 aliphatic rings. The molecule has 0 aromatic rings. The lowest BCUT2D eigenvalue weighted by Crippen LogP contribution is -2.31. The third-order valence-electron chi connectivity index (χ3n) is 3.00. The number of nitrogens with two attached hydrogens (primary N) is 1. The first-order chi connectivity index (χ1) is 7.26. The summed E-state index contributed by atoms with van der Waals surface area (Å²) in [7, 11) is 0. The first-order valence-corrected chi connectivity index (χ1v) is 6.96. The molecule has 0 spiro atoms. The van der Waals surface area contributed by atoms with Gasteiger partial charge in [0.05, 0.1) is 0 Å². The largest absolute Gasteiger partial charge is 0.356 e. The number of amides is 1. The van der Waals surface area contributed by atoms with Gasteiger partial charge in [0.2, 0.25) is 5.91 Å². The molecule has 88 valence electrons. The van der Waals surface area contributed by atoms with Crippen LogP contribution < -0.4 is 11.1 Å². The lowest BCUT2D eigenvalue weighted by atomic mass is 10.0. The summed E-state index contributed by atoms with van der Waals surface area (Å²) in [6.07, 6.45) is 2.83. The first-order valence-electron chi connectivity index (χ1n) is 5.80. The Labute approximate surface area is 96.6 Å². The molecule has 1 aliphatic heterocycles. The third-order valence-corrected chi connectivity index (χ3v) is 4.23. The summed E-state index contributed by atoms with van der Waals surface area (Å²) in [6, 6.07) is 0. The second-order valence-electron chi connectivity index (χ2n) is 4.25. The predicted octanol–water partition coefficient (Wildman–Crippen LogP) is 1.23. The van der Waals surface area contributed by atoms with Crippen LogP contribution in [0.15, 0.2) is 0 Å². The van der Waals surface area contributed by atoms with Crippen LogP contribution in [0.2, 0.25) is 0 Å². The summed E-state index contributed by atoms with van der Waals surface area (Å²) in [5.74, 6) is 3.67. The van der Waals surface area contributed by atoms with Crippen LogP contribution >= 0.6 is 11.8 Å². The van der Waals surface area contributed by atoms with Crippen molar-refractivity contribution in [3.63, 3.8) is 0 Å². The van der Waals surface area contributed by atoms with Crippen LogP contribution in [0.3, 0.4) is 0 Å². The number of nitrogens with one attached hydrogen (secondary N) is 1. The van der Waals surface area contributed by atoms with Crippen molar-refractivity contribution in [2.24, 2.45) is 17.6 Å². The molecule has 0 saturated carbocycles. The molecule has 2 unspecified atom stereocenters. The van der Waals surface area contributed by atoms with Gasteiger partial charge in [-0.25, -0.2) is 0 Å². The molecular weight excluding hydrogens is 208 g/mol. The highest BCUT2D eigenvalue weighted by atomic mass is 32.2. The third kappa shape index (κ3) is 4.89. The van der Waals surface area contributed by atoms with Crippen molar-refractivity contribution in [2.45, 2.75) is 26.2 Å². The second kappa shape index (κ2) is 7.12. The fraction of sp³-hybridized carbons (Fsp3) is 0.909. The molecule has 3 nitrogen and oxygen atoms in total. The van der Waals surface area contributed by atoms with Gasteiger partial charge >= 0.3 is 0 Å². The van der Waals surface area contributed by atoms with Crippen molar-refractivity contribution in [1.82, 2.24) is 5.32 Å². The number of carbonyl (C=O) groups excluding carboxylic acids is 1. The van der Waals surface area contributed by atoms with E-state index in [-0.39, 0.29) is 5.91 Å². The van der Waals surface area contributed by atoms with Gasteiger partial charge in [0, 0.05) is 13.0 Å². The van der Waals surface area contributed by atoms with E-state index < -0.39 is 0 Å². The molecule has 0 aliphatic carbocycles. The van der Waals surface area contributed by atoms with Gasteiger partial charge in [-0.15, -0.1) is 0 Å². The average Bonchev–Trinajstić information content (AvgIpc) is 2.75. The molecule has 0 aromatic heterocycles. The Balaban J connectivity index is 2.11. The Bertz CT molecular complexity index is 189. The Morgan fingerprint density at radius 2 is 2.47 bits per heavy atom. The zero-order valence-electron chi connectivity index (χ0n) is 9.50. The molecule has 1 heterocycles. The highest BCUT2D eigenvalue weighted by Crippen LogP contribution is 2.22. The molecule has 4 heteroatoms. The lowest BCUT2D eigenvalue weighted by Gasteiger charge is -2.14. The van der Waals surface area contributed by atoms with Crippen LogP contribution in [0.5, 0.6) is 0 Å². The highest BCUT2D eigenvalue weighted by molar-refractivity contribution is 7.99. The predicted molar refractivity (Wildman–Crippen MR) is 65.9 cm³/mol. The highest BCUT2D eigenvalue weighted by Gasteiger charge is 2.17. The summed E-state index contributed by atoms with van der Waals surface area (Å²) in [5.41, 5.74) is 5.57. The SMILES string of the molecule is CCC(CN)CC(=O)NCC1CCSC1. The smallest absolute Gasteiger partial charge is 0.220 e. The van der Waals surface area contributed by atoms with Gasteiger partial charge in [-0.2, -0.15) is 11.8 Å². The molecule has 0 radical (unpaired) electrons. The maximum absolute atomic E-state index is 11.6. The van der Waals surface area contributed by atoms with E-state index in [9.17, 15) is 4.79 Å². The summed E-state index contributed by atoms with van der Waals surface area (Å²) < 4.78 is 0. The maximum atomic E-state index is 11.6. The molecule has 1 saturated heterocycles. The lowest BCUT2D eigenvalue weighted by molar-refractivity contribution is -0.122. The van der Waals surface area contributed by atoms with Crippen molar-refractivity contribution < 1.29 is 4.79 Å². The second-order valence-corrected chi connectivity index (χ2v) is 5.40. The molecule has 1 rings (SSSR count). The number of rotatable bonds is 6. The van der Waals surface area contributed by atoms with E-state index in [4.69, 9.17) is 5.73 Å². The van der Waals surface area contributed by atoms with Gasteiger partial charge in [0.25, 0.3) is 0 Å². The Hall–Kier alpha value is -0.220. The van der Waals surface area contributed by atoms with Crippen LogP contribution in [0.1, 0.15) is 26.2 Å². The number of hydrogen-bond acceptors (Lipinski definition) is 3. The minimum Gasteiger partial charge on any atom is -0.356 e. The van der Waals surface area contributed by atoms with E-state index in [1.165, 1.54) is 17.9 Å². The normalized spacial score (nSPS) is 22.7. The summed E-state index contributed by atoms with van der Waals surface area (Å²) >= 11 is 1.99. The van der Waals surface area contributed by atoms with E-state index in [1.54, 1.807) is 0 Å². The van der Waals surface area contributed by atoms with Gasteiger partial charge in [-0.05, 0) is 36.3 Å². The summed E-state index contributed by atoms with van der Waals surface area (Å²) in [4.78, 5) is 11.6. The zero-order valence-corrected chi connectivity index (χ0v) is 10.3. The van der Waals surface area contributed by atoms with Crippen molar-refractivity contribution in [2.75, 3.05) is 24.6 Å². The van der Waals surface area contributed by atoms with E-state index >= 15 is 0 Å². The van der Waals surface area contributed by atoms with Crippen LogP contribution in [0, 0.1) is 11.8 Å². The standard InChI is InChI=1S/C11H22N2OS/c1-2-9(6-12)5-11(14)13-7-10-3-4-15-8-10/h9-10H,2-8,12H2,1H3,(H,13,14). The molecule has 0 aromatic carbocycles. The number of thioether (sulfide) groups is 1. The topological polar surface area (TPSA) is 55.1 Å². The average molecular weight is 230 g/mol. The minimum absolute atomic E-state index is 0.171. The van der Waals surface area contributed by atoms with E-state index in [1.807, 2.05) is 11.8 Å². The van der Waals surface area contributed by atoms with Crippen LogP contribution in [0.25, 0.3) is 0 Å². The van der Waals surface area contributed by atoms with Gasteiger partial charge < -0.3 is 11.1 Å². The fourth-order valence-corrected chi connectivity index (χ4v) is 3.02. The molecule has 1 amide bonds. The van der Waals surface area contributed by atoms with Crippen molar-refractivity contribution in [3.8, 4) is 0 Å².